The second-order valence-corrected chi connectivity index (χ2v) is 3.63. The second-order valence-electron chi connectivity index (χ2n) is 3.63. The quantitative estimate of drug-likeness (QED) is 0.288. The normalized spacial score (nSPS) is 10.1. The minimum absolute atomic E-state index is 0.139. The molecule has 0 spiro atoms. The maximum absolute atomic E-state index is 12.0. The van der Waals surface area contributed by atoms with Crippen LogP contribution in [0.5, 0.6) is 0 Å². The number of carbonyl (C=O) groups excluding carboxylic acids is 2. The number of allylic oxidation sites excluding steroid dienone is 2. The molecule has 0 fully saturated rings. The van der Waals surface area contributed by atoms with Crippen molar-refractivity contribution in [3.63, 3.8) is 0 Å². The van der Waals surface area contributed by atoms with Gasteiger partial charge >= 0.3 is 11.9 Å². The number of rotatable bonds is 8. The molecule has 0 unspecified atom stereocenters. The van der Waals surface area contributed by atoms with E-state index < -0.39 is 17.4 Å². The van der Waals surface area contributed by atoms with E-state index in [0.717, 1.165) is 0 Å². The van der Waals surface area contributed by atoms with Crippen LogP contribution in [0.2, 0.25) is 0 Å². The average molecular weight is 252 g/mol. The summed E-state index contributed by atoms with van der Waals surface area (Å²) in [5.74, 6) is -1.20. The van der Waals surface area contributed by atoms with Crippen LogP contribution in [0.3, 0.4) is 0 Å². The van der Waals surface area contributed by atoms with Gasteiger partial charge in [-0.15, -0.1) is 12.3 Å². The number of hydrogen-bond donors (Lipinski definition) is 0. The molecule has 0 N–H and O–H groups in total. The lowest BCUT2D eigenvalue weighted by Gasteiger charge is -2.26. The molecule has 0 aromatic rings. The van der Waals surface area contributed by atoms with E-state index in [1.807, 2.05) is 0 Å². The summed E-state index contributed by atoms with van der Waals surface area (Å²) in [4.78, 5) is 24.1. The van der Waals surface area contributed by atoms with Crippen LogP contribution >= 0.6 is 0 Å². The number of ether oxygens (including phenoxy) is 2. The van der Waals surface area contributed by atoms with E-state index in [1.165, 1.54) is 12.2 Å². The van der Waals surface area contributed by atoms with Crippen LogP contribution in [-0.2, 0) is 19.1 Å². The van der Waals surface area contributed by atoms with Gasteiger partial charge in [0.15, 0.2) is 5.41 Å². The van der Waals surface area contributed by atoms with E-state index in [9.17, 15) is 9.59 Å². The first-order valence-corrected chi connectivity index (χ1v) is 5.88. The molecule has 0 heterocycles. The molecule has 4 nitrogen and oxygen atoms in total. The van der Waals surface area contributed by atoms with Gasteiger partial charge in [0, 0.05) is 0 Å². The van der Waals surface area contributed by atoms with Crippen LogP contribution in [-0.4, -0.2) is 25.2 Å². The fourth-order valence-electron chi connectivity index (χ4n) is 1.53. The van der Waals surface area contributed by atoms with E-state index in [0.29, 0.717) is 0 Å². The zero-order chi connectivity index (χ0) is 14.0. The third kappa shape index (κ3) is 3.90. The Labute approximate surface area is 108 Å². The SMILES string of the molecule is C=C=CCC(CC=C)(C(=O)OCC)C(=O)OCC. The summed E-state index contributed by atoms with van der Waals surface area (Å²) in [5.41, 5.74) is 1.17. The van der Waals surface area contributed by atoms with Gasteiger partial charge in [0.25, 0.3) is 0 Å². The fourth-order valence-corrected chi connectivity index (χ4v) is 1.53. The summed E-state index contributed by atoms with van der Waals surface area (Å²) in [5, 5.41) is 0. The van der Waals surface area contributed by atoms with Gasteiger partial charge in [0.1, 0.15) is 0 Å². The summed E-state index contributed by atoms with van der Waals surface area (Å²) in [6, 6.07) is 0. The Morgan fingerprint density at radius 3 is 2.00 bits per heavy atom. The molecule has 0 saturated heterocycles. The summed E-state index contributed by atoms with van der Waals surface area (Å²) in [6.45, 7) is 10.8. The summed E-state index contributed by atoms with van der Waals surface area (Å²) in [7, 11) is 0. The molecule has 4 heteroatoms. The van der Waals surface area contributed by atoms with Crippen molar-refractivity contribution >= 4 is 11.9 Å². The highest BCUT2D eigenvalue weighted by atomic mass is 16.6. The van der Waals surface area contributed by atoms with Crippen LogP contribution < -0.4 is 0 Å². The molecule has 0 radical (unpaired) electrons. The first kappa shape index (κ1) is 16.2. The topological polar surface area (TPSA) is 52.6 Å². The molecule has 0 rings (SSSR count). The maximum atomic E-state index is 12.0. The third-order valence-electron chi connectivity index (χ3n) is 2.42. The van der Waals surface area contributed by atoms with Crippen molar-refractivity contribution in [1.29, 1.82) is 0 Å². The van der Waals surface area contributed by atoms with Crippen LogP contribution in [0.4, 0.5) is 0 Å². The second kappa shape index (κ2) is 8.31. The molecule has 0 saturated carbocycles. The number of carbonyl (C=O) groups is 2. The first-order valence-electron chi connectivity index (χ1n) is 5.88. The highest BCUT2D eigenvalue weighted by Gasteiger charge is 2.46. The maximum Gasteiger partial charge on any atom is 0.324 e. The lowest BCUT2D eigenvalue weighted by atomic mass is 9.81. The van der Waals surface area contributed by atoms with E-state index in [2.05, 4.69) is 18.9 Å². The largest absolute Gasteiger partial charge is 0.465 e. The van der Waals surface area contributed by atoms with E-state index in [1.54, 1.807) is 13.8 Å². The minimum atomic E-state index is -1.38. The Hall–Kier alpha value is -1.80. The van der Waals surface area contributed by atoms with Crippen molar-refractivity contribution < 1.29 is 19.1 Å². The summed E-state index contributed by atoms with van der Waals surface area (Å²) in [6.07, 6.45) is 3.32. The van der Waals surface area contributed by atoms with Crippen molar-refractivity contribution in [2.24, 2.45) is 5.41 Å². The molecule has 0 aliphatic rings. The number of hydrogen-bond acceptors (Lipinski definition) is 4. The van der Waals surface area contributed by atoms with Gasteiger partial charge in [-0.1, -0.05) is 12.7 Å². The number of esters is 2. The molecule has 0 aliphatic carbocycles. The predicted molar refractivity (Wildman–Crippen MR) is 68.8 cm³/mol. The third-order valence-corrected chi connectivity index (χ3v) is 2.42. The Morgan fingerprint density at radius 1 is 1.17 bits per heavy atom. The highest BCUT2D eigenvalue weighted by molar-refractivity contribution is 6.00. The van der Waals surface area contributed by atoms with Gasteiger partial charge in [0.2, 0.25) is 0 Å². The average Bonchev–Trinajstić information content (AvgIpc) is 2.35. The molecule has 0 aromatic carbocycles. The van der Waals surface area contributed by atoms with Gasteiger partial charge in [-0.25, -0.2) is 0 Å². The molecule has 0 amide bonds. The molecular formula is C14H20O4. The van der Waals surface area contributed by atoms with Crippen LogP contribution in [0.15, 0.2) is 31.0 Å². The Bertz CT molecular complexity index is 333. The van der Waals surface area contributed by atoms with Crippen molar-refractivity contribution in [2.75, 3.05) is 13.2 Å². The van der Waals surface area contributed by atoms with E-state index in [-0.39, 0.29) is 26.1 Å². The Morgan fingerprint density at radius 2 is 1.67 bits per heavy atom. The molecule has 0 atom stereocenters. The predicted octanol–water partition coefficient (Wildman–Crippen LogP) is 2.41. The van der Waals surface area contributed by atoms with Gasteiger partial charge < -0.3 is 9.47 Å². The Kier molecular flexibility index (Phi) is 7.48. The first-order chi connectivity index (χ1) is 8.58. The minimum Gasteiger partial charge on any atom is -0.465 e. The van der Waals surface area contributed by atoms with Gasteiger partial charge in [0.05, 0.1) is 13.2 Å². The van der Waals surface area contributed by atoms with Crippen LogP contribution in [0.1, 0.15) is 26.7 Å². The smallest absolute Gasteiger partial charge is 0.324 e. The highest BCUT2D eigenvalue weighted by Crippen LogP contribution is 2.31. The molecule has 18 heavy (non-hydrogen) atoms. The Balaban J connectivity index is 5.37. The molecular weight excluding hydrogens is 232 g/mol. The fraction of sp³-hybridized carbons (Fsp3) is 0.500. The monoisotopic (exact) mass is 252 g/mol. The van der Waals surface area contributed by atoms with Gasteiger partial charge in [-0.2, -0.15) is 0 Å². The zero-order valence-electron chi connectivity index (χ0n) is 11.0. The zero-order valence-corrected chi connectivity index (χ0v) is 11.0. The van der Waals surface area contributed by atoms with Crippen molar-refractivity contribution in [3.8, 4) is 0 Å². The molecule has 0 aromatic heterocycles. The lowest BCUT2D eigenvalue weighted by Crippen LogP contribution is -2.41. The lowest BCUT2D eigenvalue weighted by molar-refractivity contribution is -0.171. The van der Waals surface area contributed by atoms with E-state index >= 15 is 0 Å². The summed E-state index contributed by atoms with van der Waals surface area (Å²) >= 11 is 0. The molecule has 0 bridgehead atoms. The van der Waals surface area contributed by atoms with Crippen molar-refractivity contribution in [1.82, 2.24) is 0 Å². The van der Waals surface area contributed by atoms with Crippen molar-refractivity contribution in [3.05, 3.63) is 31.0 Å². The van der Waals surface area contributed by atoms with Crippen LogP contribution in [0.25, 0.3) is 0 Å². The molecule has 0 aliphatic heterocycles. The van der Waals surface area contributed by atoms with Gasteiger partial charge in [-0.3, -0.25) is 9.59 Å². The summed E-state index contributed by atoms with van der Waals surface area (Å²) < 4.78 is 9.94. The van der Waals surface area contributed by atoms with E-state index in [4.69, 9.17) is 9.47 Å². The van der Waals surface area contributed by atoms with Crippen molar-refractivity contribution in [2.45, 2.75) is 26.7 Å². The van der Waals surface area contributed by atoms with Gasteiger partial charge in [-0.05, 0) is 32.8 Å². The van der Waals surface area contributed by atoms with Crippen LogP contribution in [0, 0.1) is 5.41 Å². The molecule has 100 valence electrons. The standard InChI is InChI=1S/C14H20O4/c1-5-9-11-14(10-6-2,12(15)17-7-3)13(16)18-8-4/h6,9H,1-2,7-8,10-11H2,3-4H3.